The molecule has 4 heteroatoms. The van der Waals surface area contributed by atoms with Gasteiger partial charge in [0.1, 0.15) is 0 Å². The molecule has 0 amide bonds. The molecule has 1 aliphatic heterocycles. The summed E-state index contributed by atoms with van der Waals surface area (Å²) in [5, 5.41) is 12.6. The Hall–Kier alpha value is -0.940. The summed E-state index contributed by atoms with van der Waals surface area (Å²) in [7, 11) is 1.92. The Balaban J connectivity index is 0.000000324. The molecule has 0 unspecified atom stereocenters. The number of hydrogen-bond donors (Lipinski definition) is 4. The zero-order valence-electron chi connectivity index (χ0n) is 15.0. The normalized spacial score (nSPS) is 12.4. The lowest BCUT2D eigenvalue weighted by Gasteiger charge is -2.15. The first-order valence-electron chi connectivity index (χ1n) is 8.63. The molecule has 0 fully saturated rings. The topological polar surface area (TPSA) is 48.1 Å². The van der Waals surface area contributed by atoms with Gasteiger partial charge in [-0.25, -0.2) is 0 Å². The summed E-state index contributed by atoms with van der Waals surface area (Å²) >= 11 is 0. The molecular formula is C18H36N4. The summed E-state index contributed by atoms with van der Waals surface area (Å²) in [6, 6.07) is 8.63. The highest BCUT2D eigenvalue weighted by molar-refractivity contribution is 5.28. The predicted molar refractivity (Wildman–Crippen MR) is 98.3 cm³/mol. The molecule has 0 spiro atoms. The molecule has 0 aromatic heterocycles. The second-order valence-corrected chi connectivity index (χ2v) is 5.18. The largest absolute Gasteiger partial charge is 0.317 e. The van der Waals surface area contributed by atoms with Gasteiger partial charge >= 0.3 is 0 Å². The molecule has 0 bridgehead atoms. The molecule has 2 rings (SSSR count). The minimum Gasteiger partial charge on any atom is -0.317 e. The first-order valence-corrected chi connectivity index (χ1v) is 8.63. The quantitative estimate of drug-likeness (QED) is 0.480. The molecule has 22 heavy (non-hydrogen) atoms. The minimum atomic E-state index is 0.913. The summed E-state index contributed by atoms with van der Waals surface area (Å²) in [6.07, 6.45) is 2.43. The van der Waals surface area contributed by atoms with Crippen molar-refractivity contribution in [3.8, 4) is 0 Å². The zero-order chi connectivity index (χ0) is 16.5. The van der Waals surface area contributed by atoms with Crippen LogP contribution in [0.3, 0.4) is 0 Å². The van der Waals surface area contributed by atoms with E-state index in [1.165, 1.54) is 24.0 Å². The maximum absolute atomic E-state index is 3.34. The summed E-state index contributed by atoms with van der Waals surface area (Å²) in [4.78, 5) is 0. The van der Waals surface area contributed by atoms with Crippen LogP contribution in [0.25, 0.3) is 0 Å². The molecule has 0 saturated heterocycles. The number of benzene rings is 1. The highest BCUT2D eigenvalue weighted by Gasteiger charge is 2.05. The van der Waals surface area contributed by atoms with E-state index in [0.29, 0.717) is 0 Å². The Morgan fingerprint density at radius 2 is 1.68 bits per heavy atom. The van der Waals surface area contributed by atoms with Crippen molar-refractivity contribution in [3.63, 3.8) is 0 Å². The van der Waals surface area contributed by atoms with E-state index in [-0.39, 0.29) is 0 Å². The molecular weight excluding hydrogens is 272 g/mol. The summed E-state index contributed by atoms with van der Waals surface area (Å²) in [6.45, 7) is 12.8. The van der Waals surface area contributed by atoms with Gasteiger partial charge in [0, 0.05) is 13.2 Å². The molecule has 0 aliphatic carbocycles. The van der Waals surface area contributed by atoms with Crippen molar-refractivity contribution in [1.29, 1.82) is 0 Å². The van der Waals surface area contributed by atoms with Gasteiger partial charge in [0.15, 0.2) is 0 Å². The molecule has 128 valence electrons. The van der Waals surface area contributed by atoms with Crippen molar-refractivity contribution in [3.05, 3.63) is 35.4 Å². The van der Waals surface area contributed by atoms with Crippen LogP contribution in [0.5, 0.6) is 0 Å². The van der Waals surface area contributed by atoms with Crippen LogP contribution < -0.4 is 21.3 Å². The fraction of sp³-hybridized carbons (Fsp3) is 0.667. The third-order valence-corrected chi connectivity index (χ3v) is 3.23. The lowest BCUT2D eigenvalue weighted by atomic mass is 10.0. The molecule has 4 nitrogen and oxygen atoms in total. The summed E-state index contributed by atoms with van der Waals surface area (Å²) in [5.41, 5.74) is 2.98. The van der Waals surface area contributed by atoms with E-state index >= 15 is 0 Å². The molecule has 4 N–H and O–H groups in total. The van der Waals surface area contributed by atoms with Crippen molar-refractivity contribution in [2.24, 2.45) is 0 Å². The van der Waals surface area contributed by atoms with Crippen LogP contribution in [0.15, 0.2) is 24.3 Å². The minimum absolute atomic E-state index is 0.913. The van der Waals surface area contributed by atoms with E-state index in [4.69, 9.17) is 0 Å². The van der Waals surface area contributed by atoms with E-state index in [0.717, 1.165) is 39.4 Å². The van der Waals surface area contributed by atoms with Crippen molar-refractivity contribution in [1.82, 2.24) is 21.3 Å². The first kappa shape index (κ1) is 21.1. The fourth-order valence-electron chi connectivity index (χ4n) is 2.02. The smallest absolute Gasteiger partial charge is 0.0451 e. The molecule has 0 atom stereocenters. The first-order chi connectivity index (χ1) is 10.8. The van der Waals surface area contributed by atoms with E-state index in [2.05, 4.69) is 66.3 Å². The average molecular weight is 309 g/mol. The Morgan fingerprint density at radius 1 is 1.00 bits per heavy atom. The van der Waals surface area contributed by atoms with Crippen molar-refractivity contribution in [2.45, 2.75) is 40.2 Å². The SMILES string of the molecule is CCCNCC.CCNCNC.c1ccc2c(c1)CCNC2. The number of hydrogen-bond acceptors (Lipinski definition) is 4. The third kappa shape index (κ3) is 11.7. The van der Waals surface area contributed by atoms with Gasteiger partial charge in [0.05, 0.1) is 0 Å². The maximum Gasteiger partial charge on any atom is 0.0451 e. The van der Waals surface area contributed by atoms with E-state index in [9.17, 15) is 0 Å². The fourth-order valence-corrected chi connectivity index (χ4v) is 2.02. The number of fused-ring (bicyclic) bond motifs is 1. The van der Waals surface area contributed by atoms with Crippen LogP contribution in [0.1, 0.15) is 38.3 Å². The van der Waals surface area contributed by atoms with Crippen LogP contribution in [0.2, 0.25) is 0 Å². The highest BCUT2D eigenvalue weighted by Crippen LogP contribution is 2.11. The summed E-state index contributed by atoms with van der Waals surface area (Å²) < 4.78 is 0. The predicted octanol–water partition coefficient (Wildman–Crippen LogP) is 2.11. The van der Waals surface area contributed by atoms with E-state index in [1.807, 2.05) is 7.05 Å². The molecule has 1 aromatic carbocycles. The van der Waals surface area contributed by atoms with E-state index < -0.39 is 0 Å². The number of rotatable bonds is 6. The zero-order valence-corrected chi connectivity index (χ0v) is 15.0. The molecule has 1 aromatic rings. The van der Waals surface area contributed by atoms with Gasteiger partial charge < -0.3 is 21.3 Å². The van der Waals surface area contributed by atoms with Crippen molar-refractivity contribution >= 4 is 0 Å². The Kier molecular flexibility index (Phi) is 15.7. The van der Waals surface area contributed by atoms with Gasteiger partial charge in [-0.05, 0) is 57.2 Å². The summed E-state index contributed by atoms with van der Waals surface area (Å²) in [5.74, 6) is 0. The standard InChI is InChI=1S/C9H11N.C5H13N.C4H12N2/c1-2-4-9-7-10-6-5-8(9)3-1;1-3-5-6-4-2;1-3-6-4-5-2/h1-4,10H,5-7H2;6H,3-5H2,1-2H3;5-6H,3-4H2,1-2H3. The van der Waals surface area contributed by atoms with Crippen LogP contribution in [-0.4, -0.2) is 39.9 Å². The van der Waals surface area contributed by atoms with Gasteiger partial charge in [-0.3, -0.25) is 0 Å². The molecule has 1 aliphatic rings. The van der Waals surface area contributed by atoms with Crippen LogP contribution >= 0.6 is 0 Å². The van der Waals surface area contributed by atoms with Crippen LogP contribution in [0, 0.1) is 0 Å². The van der Waals surface area contributed by atoms with Gasteiger partial charge in [-0.2, -0.15) is 0 Å². The van der Waals surface area contributed by atoms with Gasteiger partial charge in [-0.15, -0.1) is 0 Å². The monoisotopic (exact) mass is 308 g/mol. The third-order valence-electron chi connectivity index (χ3n) is 3.23. The number of nitrogens with one attached hydrogen (secondary N) is 4. The van der Waals surface area contributed by atoms with Crippen molar-refractivity contribution < 1.29 is 0 Å². The average Bonchev–Trinajstić information content (AvgIpc) is 2.59. The highest BCUT2D eigenvalue weighted by atomic mass is 15.0. The van der Waals surface area contributed by atoms with Gasteiger partial charge in [-0.1, -0.05) is 45.0 Å². The Bertz CT molecular complexity index is 301. The maximum atomic E-state index is 3.34. The lowest BCUT2D eigenvalue weighted by molar-refractivity contribution is 0.644. The molecule has 0 radical (unpaired) electrons. The van der Waals surface area contributed by atoms with E-state index in [1.54, 1.807) is 0 Å². The van der Waals surface area contributed by atoms with Crippen molar-refractivity contribution in [2.75, 3.05) is 39.9 Å². The Morgan fingerprint density at radius 3 is 2.14 bits per heavy atom. The van der Waals surface area contributed by atoms with Gasteiger partial charge in [0.2, 0.25) is 0 Å². The second kappa shape index (κ2) is 16.4. The molecule has 1 heterocycles. The van der Waals surface area contributed by atoms with Crippen LogP contribution in [-0.2, 0) is 13.0 Å². The molecule has 0 saturated carbocycles. The second-order valence-electron chi connectivity index (χ2n) is 5.18. The Labute approximate surface area is 137 Å². The lowest BCUT2D eigenvalue weighted by Crippen LogP contribution is -2.24. The van der Waals surface area contributed by atoms with Crippen LogP contribution in [0.4, 0.5) is 0 Å². The van der Waals surface area contributed by atoms with Gasteiger partial charge in [0.25, 0.3) is 0 Å².